The summed E-state index contributed by atoms with van der Waals surface area (Å²) in [4.78, 5) is 26.8. The molecule has 1 aliphatic rings. The van der Waals surface area contributed by atoms with Crippen LogP contribution in [0.4, 0.5) is 5.69 Å². The quantitative estimate of drug-likeness (QED) is 0.281. The van der Waals surface area contributed by atoms with Crippen LogP contribution in [0, 0.1) is 21.6 Å². The van der Waals surface area contributed by atoms with E-state index in [0.717, 1.165) is 0 Å². The summed E-state index contributed by atoms with van der Waals surface area (Å²) in [6, 6.07) is 4.98. The fraction of sp³-hybridized carbons (Fsp3) is 0.267. The normalized spacial score (nSPS) is 16.5. The number of carbonyl (C=O) groups is 1. The molecule has 1 heterocycles. The van der Waals surface area contributed by atoms with Gasteiger partial charge in [-0.3, -0.25) is 15.4 Å². The highest BCUT2D eigenvalue weighted by atomic mass is 16.6. The maximum absolute atomic E-state index is 12.2. The Labute approximate surface area is 137 Å². The first-order chi connectivity index (χ1) is 11.5. The molecule has 0 aliphatic carbocycles. The molecule has 0 aromatic heterocycles. The number of guanidine groups is 1. The van der Waals surface area contributed by atoms with Crippen LogP contribution in [0.5, 0.6) is 0 Å². The Bertz CT molecular complexity index is 761. The Morgan fingerprint density at radius 3 is 2.71 bits per heavy atom. The fourth-order valence-corrected chi connectivity index (χ4v) is 2.29. The largest absolute Gasteiger partial charge is 0.463 e. The van der Waals surface area contributed by atoms with Crippen molar-refractivity contribution in [3.05, 3.63) is 51.2 Å². The standard InChI is InChI=1S/C15H15N5O4/c1-3-24-14(21)12-9(2)18-15(17-8-16)19-13(12)10-4-6-11(7-5-10)20(22)23/h4-7,13H,3H2,1-2H3,(H2,17,18,19)/t13-/m0/s1. The molecule has 2 rings (SSSR count). The average Bonchev–Trinajstić information content (AvgIpc) is 2.54. The summed E-state index contributed by atoms with van der Waals surface area (Å²) in [5.74, 6) is -0.350. The van der Waals surface area contributed by atoms with Crippen LogP contribution in [0.2, 0.25) is 0 Å². The maximum Gasteiger partial charge on any atom is 0.338 e. The van der Waals surface area contributed by atoms with Gasteiger partial charge >= 0.3 is 5.97 Å². The molecule has 0 spiro atoms. The number of nitrogens with one attached hydrogen (secondary N) is 2. The highest BCUT2D eigenvalue weighted by Crippen LogP contribution is 2.32. The van der Waals surface area contributed by atoms with Crippen molar-refractivity contribution < 1.29 is 14.5 Å². The van der Waals surface area contributed by atoms with E-state index in [9.17, 15) is 14.9 Å². The molecule has 1 atom stereocenters. The van der Waals surface area contributed by atoms with Crippen molar-refractivity contribution in [2.24, 2.45) is 4.99 Å². The van der Waals surface area contributed by atoms with Crippen molar-refractivity contribution in [2.45, 2.75) is 19.9 Å². The van der Waals surface area contributed by atoms with Crippen LogP contribution in [0.3, 0.4) is 0 Å². The van der Waals surface area contributed by atoms with Gasteiger partial charge in [-0.1, -0.05) is 0 Å². The van der Waals surface area contributed by atoms with Gasteiger partial charge in [0.1, 0.15) is 6.04 Å². The minimum absolute atomic E-state index is 0.0644. The number of aliphatic imine (C=N–C) groups is 1. The second-order valence-electron chi connectivity index (χ2n) is 4.85. The zero-order valence-corrected chi connectivity index (χ0v) is 13.1. The summed E-state index contributed by atoms with van der Waals surface area (Å²) in [6.07, 6.45) is 1.75. The molecule has 124 valence electrons. The number of allylic oxidation sites excluding steroid dienone is 1. The molecule has 1 aromatic carbocycles. The lowest BCUT2D eigenvalue weighted by molar-refractivity contribution is -0.384. The molecule has 0 bridgehead atoms. The van der Waals surface area contributed by atoms with Gasteiger partial charge in [0.05, 0.1) is 17.1 Å². The predicted octanol–water partition coefficient (Wildman–Crippen LogP) is 1.50. The first kappa shape index (κ1) is 17.0. The van der Waals surface area contributed by atoms with Crippen molar-refractivity contribution >= 4 is 17.6 Å². The van der Waals surface area contributed by atoms with E-state index in [0.29, 0.717) is 11.3 Å². The van der Waals surface area contributed by atoms with E-state index in [2.05, 4.69) is 15.6 Å². The van der Waals surface area contributed by atoms with Crippen molar-refractivity contribution in [3.8, 4) is 6.19 Å². The number of nitrogens with zero attached hydrogens (tertiary/aromatic N) is 3. The Kier molecular flexibility index (Phi) is 5.11. The summed E-state index contributed by atoms with van der Waals surface area (Å²) in [5.41, 5.74) is 1.28. The molecule has 1 aromatic rings. The molecule has 0 unspecified atom stereocenters. The van der Waals surface area contributed by atoms with E-state index in [1.54, 1.807) is 20.0 Å². The SMILES string of the molecule is CCOC(=O)C1=C(C)NC(NC#N)=N[C@H]1c1ccc([N+](=O)[O-])cc1. The van der Waals surface area contributed by atoms with Crippen LogP contribution >= 0.6 is 0 Å². The zero-order chi connectivity index (χ0) is 17.7. The predicted molar refractivity (Wildman–Crippen MR) is 84.5 cm³/mol. The second-order valence-corrected chi connectivity index (χ2v) is 4.85. The molecule has 0 radical (unpaired) electrons. The number of rotatable bonds is 4. The van der Waals surface area contributed by atoms with Gasteiger partial charge in [0.25, 0.3) is 5.69 Å². The zero-order valence-electron chi connectivity index (χ0n) is 13.1. The monoisotopic (exact) mass is 329 g/mol. The molecule has 1 aliphatic heterocycles. The molecule has 24 heavy (non-hydrogen) atoms. The molecule has 0 fully saturated rings. The number of non-ortho nitro benzene ring substituents is 1. The summed E-state index contributed by atoms with van der Waals surface area (Å²) < 4.78 is 5.06. The number of nitro benzene ring substituents is 1. The van der Waals surface area contributed by atoms with Gasteiger partial charge < -0.3 is 10.1 Å². The molecule has 9 heteroatoms. The van der Waals surface area contributed by atoms with Gasteiger partial charge in [-0.2, -0.15) is 5.26 Å². The van der Waals surface area contributed by atoms with Crippen molar-refractivity contribution in [1.29, 1.82) is 5.26 Å². The minimum Gasteiger partial charge on any atom is -0.463 e. The van der Waals surface area contributed by atoms with Crippen molar-refractivity contribution in [3.63, 3.8) is 0 Å². The molecule has 0 saturated carbocycles. The maximum atomic E-state index is 12.2. The Morgan fingerprint density at radius 1 is 1.50 bits per heavy atom. The lowest BCUT2D eigenvalue weighted by atomic mass is 9.96. The molecule has 0 saturated heterocycles. The van der Waals surface area contributed by atoms with Crippen molar-refractivity contribution in [2.75, 3.05) is 6.61 Å². The Morgan fingerprint density at radius 2 is 2.17 bits per heavy atom. The van der Waals surface area contributed by atoms with E-state index in [-0.39, 0.29) is 23.8 Å². The van der Waals surface area contributed by atoms with E-state index in [4.69, 9.17) is 10.00 Å². The first-order valence-corrected chi connectivity index (χ1v) is 7.10. The van der Waals surface area contributed by atoms with Gasteiger partial charge in [-0.05, 0) is 31.5 Å². The molecular weight excluding hydrogens is 314 g/mol. The smallest absolute Gasteiger partial charge is 0.338 e. The molecule has 9 nitrogen and oxygen atoms in total. The van der Waals surface area contributed by atoms with E-state index in [1.807, 2.05) is 0 Å². The number of esters is 1. The second kappa shape index (κ2) is 7.23. The number of carbonyl (C=O) groups excluding carboxylic acids is 1. The van der Waals surface area contributed by atoms with Crippen molar-refractivity contribution in [1.82, 2.24) is 10.6 Å². The van der Waals surface area contributed by atoms with E-state index < -0.39 is 16.9 Å². The van der Waals surface area contributed by atoms with E-state index in [1.165, 1.54) is 24.3 Å². The fourth-order valence-electron chi connectivity index (χ4n) is 2.29. The number of ether oxygens (including phenoxy) is 1. The van der Waals surface area contributed by atoms with E-state index >= 15 is 0 Å². The topological polar surface area (TPSA) is 130 Å². The molecule has 2 N–H and O–H groups in total. The van der Waals surface area contributed by atoms with Crippen LogP contribution in [-0.4, -0.2) is 23.5 Å². The molecular formula is C15H15N5O4. The average molecular weight is 329 g/mol. The lowest BCUT2D eigenvalue weighted by Gasteiger charge is -2.25. The number of benzene rings is 1. The highest BCUT2D eigenvalue weighted by Gasteiger charge is 2.30. The lowest BCUT2D eigenvalue weighted by Crippen LogP contribution is -2.39. The Hall–Kier alpha value is -3.41. The van der Waals surface area contributed by atoms with Gasteiger partial charge in [-0.15, -0.1) is 0 Å². The number of hydrogen-bond acceptors (Lipinski definition) is 8. The highest BCUT2D eigenvalue weighted by molar-refractivity contribution is 5.95. The van der Waals surface area contributed by atoms with Crippen LogP contribution < -0.4 is 10.6 Å². The third-order valence-corrected chi connectivity index (χ3v) is 3.33. The third kappa shape index (κ3) is 3.49. The summed E-state index contributed by atoms with van der Waals surface area (Å²) >= 11 is 0. The summed E-state index contributed by atoms with van der Waals surface area (Å²) in [7, 11) is 0. The summed E-state index contributed by atoms with van der Waals surface area (Å²) in [5, 5.41) is 24.7. The van der Waals surface area contributed by atoms with Gasteiger partial charge in [0, 0.05) is 17.8 Å². The van der Waals surface area contributed by atoms with Gasteiger partial charge in [0.2, 0.25) is 5.96 Å². The van der Waals surface area contributed by atoms with Gasteiger partial charge in [0.15, 0.2) is 6.19 Å². The van der Waals surface area contributed by atoms with Crippen LogP contribution in [-0.2, 0) is 9.53 Å². The molecule has 0 amide bonds. The first-order valence-electron chi connectivity index (χ1n) is 7.10. The van der Waals surface area contributed by atoms with Gasteiger partial charge in [-0.25, -0.2) is 9.79 Å². The number of nitro groups is 1. The van der Waals surface area contributed by atoms with Crippen LogP contribution in [0.25, 0.3) is 0 Å². The number of hydrogen-bond donors (Lipinski definition) is 2. The summed E-state index contributed by atoms with van der Waals surface area (Å²) in [6.45, 7) is 3.56. The number of nitriles is 1. The third-order valence-electron chi connectivity index (χ3n) is 3.33. The van der Waals surface area contributed by atoms with Crippen LogP contribution in [0.15, 0.2) is 40.5 Å². The van der Waals surface area contributed by atoms with Crippen LogP contribution in [0.1, 0.15) is 25.5 Å². The minimum atomic E-state index is -0.734. The Balaban J connectivity index is 2.46.